The molecule has 0 aliphatic carbocycles. The molecule has 0 saturated heterocycles. The van der Waals surface area contributed by atoms with Gasteiger partial charge < -0.3 is 5.73 Å². The van der Waals surface area contributed by atoms with Crippen LogP contribution in [0.25, 0.3) is 0 Å². The maximum Gasteiger partial charge on any atom is 0.268 e. The van der Waals surface area contributed by atoms with Crippen molar-refractivity contribution in [2.45, 2.75) is 6.92 Å². The Kier molecular flexibility index (Phi) is 3.76. The molecule has 0 spiro atoms. The van der Waals surface area contributed by atoms with Crippen LogP contribution in [0.5, 0.6) is 0 Å². The Morgan fingerprint density at radius 1 is 1.56 bits per heavy atom. The van der Waals surface area contributed by atoms with Crippen molar-refractivity contribution in [1.82, 2.24) is 0 Å². The highest BCUT2D eigenvalue weighted by Crippen LogP contribution is 1.89. The highest BCUT2D eigenvalue weighted by molar-refractivity contribution is 7.86. The summed E-state index contributed by atoms with van der Waals surface area (Å²) in [6.45, 7) is 1.92. The minimum atomic E-state index is -3.31. The average Bonchev–Trinajstić information content (AvgIpc) is 1.64. The van der Waals surface area contributed by atoms with Crippen molar-refractivity contribution in [2.75, 3.05) is 18.9 Å². The minimum absolute atomic E-state index is 0.0964. The zero-order valence-electron chi connectivity index (χ0n) is 5.33. The SMILES string of the molecule is CCOS(=O)(=O)CCN. The van der Waals surface area contributed by atoms with Gasteiger partial charge >= 0.3 is 0 Å². The molecule has 0 amide bonds. The zero-order valence-corrected chi connectivity index (χ0v) is 6.15. The maximum absolute atomic E-state index is 10.5. The Morgan fingerprint density at radius 2 is 2.11 bits per heavy atom. The highest BCUT2D eigenvalue weighted by Gasteiger charge is 2.06. The fourth-order valence-corrected chi connectivity index (χ4v) is 1.15. The second kappa shape index (κ2) is 3.81. The van der Waals surface area contributed by atoms with Gasteiger partial charge in [-0.05, 0) is 6.92 Å². The molecule has 9 heavy (non-hydrogen) atoms. The van der Waals surface area contributed by atoms with Crippen molar-refractivity contribution >= 4 is 10.1 Å². The zero-order chi connectivity index (χ0) is 7.33. The molecule has 0 aromatic rings. The van der Waals surface area contributed by atoms with Crippen molar-refractivity contribution < 1.29 is 12.6 Å². The van der Waals surface area contributed by atoms with E-state index in [1.54, 1.807) is 6.92 Å². The topological polar surface area (TPSA) is 69.4 Å². The van der Waals surface area contributed by atoms with Gasteiger partial charge in [0.2, 0.25) is 0 Å². The average molecular weight is 153 g/mol. The number of rotatable bonds is 4. The number of hydrogen-bond acceptors (Lipinski definition) is 4. The van der Waals surface area contributed by atoms with Crippen LogP contribution in [-0.2, 0) is 14.3 Å². The molecule has 0 unspecified atom stereocenters. The molecule has 0 aliphatic rings. The highest BCUT2D eigenvalue weighted by atomic mass is 32.2. The Balaban J connectivity index is 3.73. The lowest BCUT2D eigenvalue weighted by molar-refractivity contribution is 0.338. The van der Waals surface area contributed by atoms with E-state index in [1.165, 1.54) is 0 Å². The largest absolute Gasteiger partial charge is 0.329 e. The van der Waals surface area contributed by atoms with Gasteiger partial charge in [0.25, 0.3) is 10.1 Å². The summed E-state index contributed by atoms with van der Waals surface area (Å²) in [5, 5.41) is 0. The molecule has 0 atom stereocenters. The maximum atomic E-state index is 10.5. The van der Waals surface area contributed by atoms with E-state index >= 15 is 0 Å². The molecule has 5 heteroatoms. The number of hydrogen-bond donors (Lipinski definition) is 1. The standard InChI is InChI=1S/C4H11NO3S/c1-2-8-9(6,7)4-3-5/h2-5H2,1H3. The summed E-state index contributed by atoms with van der Waals surface area (Å²) < 4.78 is 25.4. The summed E-state index contributed by atoms with van der Waals surface area (Å²) in [4.78, 5) is 0. The van der Waals surface area contributed by atoms with Gasteiger partial charge in [-0.25, -0.2) is 0 Å². The second-order valence-corrected chi connectivity index (χ2v) is 3.22. The molecule has 0 rings (SSSR count). The van der Waals surface area contributed by atoms with Crippen LogP contribution in [0.2, 0.25) is 0 Å². The van der Waals surface area contributed by atoms with Crippen LogP contribution in [0.3, 0.4) is 0 Å². The number of nitrogens with two attached hydrogens (primary N) is 1. The third-order valence-corrected chi connectivity index (χ3v) is 2.00. The molecule has 0 radical (unpaired) electrons. The lowest BCUT2D eigenvalue weighted by atomic mass is 10.8. The van der Waals surface area contributed by atoms with Crippen LogP contribution in [0, 0.1) is 0 Å². The Bertz CT molecular complexity index is 139. The molecule has 56 valence electrons. The van der Waals surface area contributed by atoms with Gasteiger partial charge in [-0.3, -0.25) is 4.18 Å². The van der Waals surface area contributed by atoms with E-state index in [-0.39, 0.29) is 18.9 Å². The van der Waals surface area contributed by atoms with Gasteiger partial charge in [0.1, 0.15) is 0 Å². The fourth-order valence-electron chi connectivity index (χ4n) is 0.383. The Morgan fingerprint density at radius 3 is 2.44 bits per heavy atom. The van der Waals surface area contributed by atoms with E-state index in [1.807, 2.05) is 0 Å². The van der Waals surface area contributed by atoms with Crippen molar-refractivity contribution in [1.29, 1.82) is 0 Å². The van der Waals surface area contributed by atoms with E-state index in [2.05, 4.69) is 4.18 Å². The van der Waals surface area contributed by atoms with Crippen molar-refractivity contribution in [3.63, 3.8) is 0 Å². The summed E-state index contributed by atoms with van der Waals surface area (Å²) in [6, 6.07) is 0. The normalized spacial score (nSPS) is 11.8. The molecular formula is C4H11NO3S. The summed E-state index contributed by atoms with van der Waals surface area (Å²) in [7, 11) is -3.31. The molecule has 0 saturated carbocycles. The Labute approximate surface area is 55.1 Å². The molecular weight excluding hydrogens is 142 g/mol. The monoisotopic (exact) mass is 153 g/mol. The molecule has 0 aromatic heterocycles. The molecule has 2 N–H and O–H groups in total. The molecule has 0 aliphatic heterocycles. The predicted molar refractivity (Wildman–Crippen MR) is 34.5 cm³/mol. The van der Waals surface area contributed by atoms with Gasteiger partial charge in [-0.2, -0.15) is 8.42 Å². The summed E-state index contributed by atoms with van der Waals surface area (Å²) in [5.41, 5.74) is 4.99. The van der Waals surface area contributed by atoms with Crippen molar-refractivity contribution in [3.8, 4) is 0 Å². The molecule has 4 nitrogen and oxygen atoms in total. The van der Waals surface area contributed by atoms with Crippen LogP contribution in [0.15, 0.2) is 0 Å². The lowest BCUT2D eigenvalue weighted by Gasteiger charge is -1.98. The van der Waals surface area contributed by atoms with Gasteiger partial charge in [0, 0.05) is 6.54 Å². The first-order valence-electron chi connectivity index (χ1n) is 2.69. The molecule has 0 aromatic carbocycles. The van der Waals surface area contributed by atoms with E-state index in [9.17, 15) is 8.42 Å². The van der Waals surface area contributed by atoms with E-state index in [0.29, 0.717) is 0 Å². The minimum Gasteiger partial charge on any atom is -0.329 e. The van der Waals surface area contributed by atoms with Gasteiger partial charge in [-0.15, -0.1) is 0 Å². The summed E-state index contributed by atoms with van der Waals surface area (Å²) >= 11 is 0. The first kappa shape index (κ1) is 8.87. The third kappa shape index (κ3) is 4.38. The molecule has 0 heterocycles. The van der Waals surface area contributed by atoms with Crippen LogP contribution >= 0.6 is 0 Å². The van der Waals surface area contributed by atoms with E-state index in [0.717, 1.165) is 0 Å². The predicted octanol–water partition coefficient (Wildman–Crippen LogP) is -0.689. The smallest absolute Gasteiger partial charge is 0.268 e. The van der Waals surface area contributed by atoms with Crippen LogP contribution in [-0.4, -0.2) is 27.3 Å². The first-order chi connectivity index (χ1) is 4.12. The van der Waals surface area contributed by atoms with Gasteiger partial charge in [-0.1, -0.05) is 0 Å². The second-order valence-electron chi connectivity index (χ2n) is 1.46. The lowest BCUT2D eigenvalue weighted by Crippen LogP contribution is -2.17. The van der Waals surface area contributed by atoms with Crippen molar-refractivity contribution in [2.24, 2.45) is 5.73 Å². The summed E-state index contributed by atoms with van der Waals surface area (Å²) in [5.74, 6) is -0.0964. The summed E-state index contributed by atoms with van der Waals surface area (Å²) in [6.07, 6.45) is 0. The quantitative estimate of drug-likeness (QED) is 0.543. The van der Waals surface area contributed by atoms with E-state index < -0.39 is 10.1 Å². The van der Waals surface area contributed by atoms with Crippen LogP contribution < -0.4 is 5.73 Å². The van der Waals surface area contributed by atoms with Gasteiger partial charge in [0.15, 0.2) is 0 Å². The van der Waals surface area contributed by atoms with Crippen molar-refractivity contribution in [3.05, 3.63) is 0 Å². The fraction of sp³-hybridized carbons (Fsp3) is 1.00. The van der Waals surface area contributed by atoms with Crippen LogP contribution in [0.4, 0.5) is 0 Å². The van der Waals surface area contributed by atoms with Crippen LogP contribution in [0.1, 0.15) is 6.92 Å². The van der Waals surface area contributed by atoms with Gasteiger partial charge in [0.05, 0.1) is 12.4 Å². The Hall–Kier alpha value is -0.130. The molecule has 0 fully saturated rings. The third-order valence-electron chi connectivity index (χ3n) is 0.665. The first-order valence-corrected chi connectivity index (χ1v) is 4.27. The molecule has 0 bridgehead atoms. The van der Waals surface area contributed by atoms with E-state index in [4.69, 9.17) is 5.73 Å².